The Morgan fingerprint density at radius 2 is 1.97 bits per heavy atom. The van der Waals surface area contributed by atoms with Gasteiger partial charge in [-0.1, -0.05) is 23.5 Å². The van der Waals surface area contributed by atoms with Gasteiger partial charge >= 0.3 is 5.97 Å². The third-order valence-corrected chi connectivity index (χ3v) is 7.72. The van der Waals surface area contributed by atoms with Crippen LogP contribution in [0.15, 0.2) is 57.5 Å². The van der Waals surface area contributed by atoms with Crippen molar-refractivity contribution in [2.45, 2.75) is 19.9 Å². The van der Waals surface area contributed by atoms with Crippen LogP contribution >= 0.6 is 56.5 Å². The van der Waals surface area contributed by atoms with E-state index in [-0.39, 0.29) is 17.9 Å². The first-order valence-corrected chi connectivity index (χ1v) is 13.2. The molecular formula is C24H20I2N2O5S. The molecule has 2 heterocycles. The number of carbonyl (C=O) groups excluding carboxylic acids is 1. The number of ether oxygens (including phenoxy) is 2. The highest BCUT2D eigenvalue weighted by Crippen LogP contribution is 2.32. The number of hydrogen-bond acceptors (Lipinski definition) is 7. The SMILES string of the molecule is CCOC(=O)C1=C(C)N=c2s/c(=C\c3cc(I)cc(I)c3O)c(=O)n2C1c1ccc(OC)cc1. The van der Waals surface area contributed by atoms with Gasteiger partial charge in [-0.05, 0) is 94.9 Å². The summed E-state index contributed by atoms with van der Waals surface area (Å²) >= 11 is 5.44. The van der Waals surface area contributed by atoms with Crippen LogP contribution in [0.1, 0.15) is 31.0 Å². The average Bonchev–Trinajstić information content (AvgIpc) is 3.10. The number of methoxy groups -OCH3 is 1. The molecule has 0 spiro atoms. The molecule has 1 aliphatic heterocycles. The van der Waals surface area contributed by atoms with Gasteiger partial charge in [0.05, 0.1) is 39.1 Å². The second kappa shape index (κ2) is 10.2. The molecule has 176 valence electrons. The first kappa shape index (κ1) is 24.9. The quantitative estimate of drug-likeness (QED) is 0.324. The number of benzene rings is 2. The van der Waals surface area contributed by atoms with Gasteiger partial charge in [0.2, 0.25) is 0 Å². The van der Waals surface area contributed by atoms with E-state index in [2.05, 4.69) is 50.2 Å². The van der Waals surface area contributed by atoms with Gasteiger partial charge in [-0.2, -0.15) is 0 Å². The number of fused-ring (bicyclic) bond motifs is 1. The summed E-state index contributed by atoms with van der Waals surface area (Å²) in [7, 11) is 1.58. The first-order valence-electron chi connectivity index (χ1n) is 10.3. The first-order chi connectivity index (χ1) is 16.2. The highest BCUT2D eigenvalue weighted by Gasteiger charge is 2.33. The topological polar surface area (TPSA) is 90.1 Å². The highest BCUT2D eigenvalue weighted by atomic mass is 127. The summed E-state index contributed by atoms with van der Waals surface area (Å²) in [5.74, 6) is 0.268. The predicted molar refractivity (Wildman–Crippen MR) is 147 cm³/mol. The lowest BCUT2D eigenvalue weighted by Crippen LogP contribution is -2.39. The molecule has 0 amide bonds. The van der Waals surface area contributed by atoms with Crippen LogP contribution in [0, 0.1) is 7.14 Å². The van der Waals surface area contributed by atoms with E-state index in [0.29, 0.717) is 35.5 Å². The van der Waals surface area contributed by atoms with Crippen molar-refractivity contribution in [2.75, 3.05) is 13.7 Å². The van der Waals surface area contributed by atoms with E-state index >= 15 is 0 Å². The number of carbonyl (C=O) groups is 1. The summed E-state index contributed by atoms with van der Waals surface area (Å²) < 4.78 is 14.1. The van der Waals surface area contributed by atoms with E-state index in [1.807, 2.05) is 24.3 Å². The minimum Gasteiger partial charge on any atom is -0.506 e. The van der Waals surface area contributed by atoms with Gasteiger partial charge in [0, 0.05) is 9.13 Å². The van der Waals surface area contributed by atoms with Gasteiger partial charge in [-0.25, -0.2) is 9.79 Å². The van der Waals surface area contributed by atoms with Gasteiger partial charge in [0.1, 0.15) is 11.5 Å². The Bertz CT molecular complexity index is 1490. The molecule has 0 radical (unpaired) electrons. The van der Waals surface area contributed by atoms with Gasteiger partial charge < -0.3 is 14.6 Å². The lowest BCUT2D eigenvalue weighted by Gasteiger charge is -2.24. The van der Waals surface area contributed by atoms with Crippen LogP contribution in [0.25, 0.3) is 6.08 Å². The molecule has 0 aliphatic carbocycles. The Morgan fingerprint density at radius 3 is 2.62 bits per heavy atom. The van der Waals surface area contributed by atoms with Crippen LogP contribution in [0.5, 0.6) is 11.5 Å². The second-order valence-electron chi connectivity index (χ2n) is 7.40. The van der Waals surface area contributed by atoms with Crippen LogP contribution in [-0.2, 0) is 9.53 Å². The zero-order valence-corrected chi connectivity index (χ0v) is 23.6. The minimum atomic E-state index is -0.701. The standard InChI is InChI=1S/C24H20I2N2O5S/c1-4-33-23(31)19-12(2)27-24-28(20(19)13-5-7-16(32-3)8-6-13)22(30)18(34-24)10-14-9-15(25)11-17(26)21(14)29/h5-11,20,29H,4H2,1-3H3/b18-10-. The van der Waals surface area contributed by atoms with E-state index in [1.165, 1.54) is 15.9 Å². The van der Waals surface area contributed by atoms with Crippen molar-refractivity contribution in [3.05, 3.63) is 85.6 Å². The summed E-state index contributed by atoms with van der Waals surface area (Å²) in [5.41, 5.74) is 1.80. The number of aromatic hydroxyl groups is 1. The molecule has 10 heteroatoms. The number of thiazole rings is 1. The number of aromatic nitrogens is 1. The Kier molecular flexibility index (Phi) is 7.48. The van der Waals surface area contributed by atoms with E-state index < -0.39 is 12.0 Å². The zero-order valence-electron chi connectivity index (χ0n) is 18.5. The molecule has 3 aromatic rings. The summed E-state index contributed by atoms with van der Waals surface area (Å²) in [4.78, 5) is 31.6. The van der Waals surface area contributed by atoms with E-state index in [1.54, 1.807) is 39.2 Å². The van der Waals surface area contributed by atoms with Crippen molar-refractivity contribution < 1.29 is 19.4 Å². The number of phenols is 1. The van der Waals surface area contributed by atoms with Gasteiger partial charge in [0.15, 0.2) is 4.80 Å². The number of rotatable bonds is 5. The Morgan fingerprint density at radius 1 is 1.26 bits per heavy atom. The number of allylic oxidation sites excluding steroid dienone is 1. The van der Waals surface area contributed by atoms with Crippen molar-refractivity contribution in [2.24, 2.45) is 4.99 Å². The maximum atomic E-state index is 13.6. The lowest BCUT2D eigenvalue weighted by molar-refractivity contribution is -0.139. The third-order valence-electron chi connectivity index (χ3n) is 5.29. The van der Waals surface area contributed by atoms with Crippen LogP contribution in [0.2, 0.25) is 0 Å². The van der Waals surface area contributed by atoms with Crippen LogP contribution in [-0.4, -0.2) is 29.4 Å². The number of esters is 1. The normalized spacial score (nSPS) is 15.7. The number of phenolic OH excluding ortho intramolecular Hbond substituents is 1. The van der Waals surface area contributed by atoms with Crippen molar-refractivity contribution in [3.8, 4) is 11.5 Å². The lowest BCUT2D eigenvalue weighted by atomic mass is 9.96. The van der Waals surface area contributed by atoms with Crippen molar-refractivity contribution in [1.29, 1.82) is 0 Å². The maximum absolute atomic E-state index is 13.6. The van der Waals surface area contributed by atoms with Crippen LogP contribution in [0.4, 0.5) is 0 Å². The molecule has 0 saturated heterocycles. The van der Waals surface area contributed by atoms with Crippen molar-refractivity contribution in [1.82, 2.24) is 4.57 Å². The molecule has 1 aromatic heterocycles. The van der Waals surface area contributed by atoms with Crippen LogP contribution < -0.4 is 19.6 Å². The van der Waals surface area contributed by atoms with Crippen molar-refractivity contribution >= 4 is 68.6 Å². The van der Waals surface area contributed by atoms with Gasteiger partial charge in [-0.15, -0.1) is 0 Å². The Balaban J connectivity index is 1.97. The molecule has 1 atom stereocenters. The second-order valence-corrected chi connectivity index (χ2v) is 10.8. The fourth-order valence-electron chi connectivity index (χ4n) is 3.73. The fraction of sp³-hybridized carbons (Fsp3) is 0.208. The summed E-state index contributed by atoms with van der Waals surface area (Å²) in [6.45, 7) is 3.69. The molecule has 7 nitrogen and oxygen atoms in total. The molecule has 34 heavy (non-hydrogen) atoms. The number of hydrogen-bond donors (Lipinski definition) is 1. The van der Waals surface area contributed by atoms with E-state index in [4.69, 9.17) is 9.47 Å². The molecule has 1 unspecified atom stereocenters. The average molecular weight is 702 g/mol. The zero-order chi connectivity index (χ0) is 24.6. The monoisotopic (exact) mass is 702 g/mol. The fourth-order valence-corrected chi connectivity index (χ4v) is 6.66. The third kappa shape index (κ3) is 4.67. The molecule has 0 bridgehead atoms. The minimum absolute atomic E-state index is 0.113. The molecule has 2 aromatic carbocycles. The van der Waals surface area contributed by atoms with Crippen LogP contribution in [0.3, 0.4) is 0 Å². The summed E-state index contributed by atoms with van der Waals surface area (Å²) in [6.07, 6.45) is 1.66. The molecule has 0 fully saturated rings. The number of halogens is 2. The Hall–Kier alpha value is -2.19. The van der Waals surface area contributed by atoms with E-state index in [9.17, 15) is 14.7 Å². The van der Waals surface area contributed by atoms with E-state index in [0.717, 1.165) is 9.13 Å². The Labute approximate surface area is 226 Å². The molecule has 1 N–H and O–H groups in total. The maximum Gasteiger partial charge on any atom is 0.338 e. The largest absolute Gasteiger partial charge is 0.506 e. The van der Waals surface area contributed by atoms with Crippen molar-refractivity contribution in [3.63, 3.8) is 0 Å². The summed E-state index contributed by atoms with van der Waals surface area (Å²) in [5, 5.41) is 10.5. The van der Waals surface area contributed by atoms with Gasteiger partial charge in [0.25, 0.3) is 5.56 Å². The smallest absolute Gasteiger partial charge is 0.338 e. The molecule has 1 aliphatic rings. The molecular weight excluding hydrogens is 682 g/mol. The summed E-state index contributed by atoms with van der Waals surface area (Å²) in [6, 6.07) is 10.2. The molecule has 0 saturated carbocycles. The van der Waals surface area contributed by atoms with Gasteiger partial charge in [-0.3, -0.25) is 9.36 Å². The predicted octanol–water partition coefficient (Wildman–Crippen LogP) is 3.72. The number of nitrogens with zero attached hydrogens (tertiary/aromatic N) is 2. The highest BCUT2D eigenvalue weighted by molar-refractivity contribution is 14.1. The molecule has 4 rings (SSSR count).